The van der Waals surface area contributed by atoms with Crippen molar-refractivity contribution in [3.05, 3.63) is 29.1 Å². The predicted octanol–water partition coefficient (Wildman–Crippen LogP) is 3.07. The Morgan fingerprint density at radius 3 is 3.04 bits per heavy atom. The number of nitrogens with one attached hydrogen (secondary N) is 2. The summed E-state index contributed by atoms with van der Waals surface area (Å²) in [5.74, 6) is 1.34. The zero-order valence-electron chi connectivity index (χ0n) is 15.5. The Bertz CT molecular complexity index is 641. The summed E-state index contributed by atoms with van der Waals surface area (Å²) in [5, 5.41) is 7.59. The van der Waals surface area contributed by atoms with Crippen molar-refractivity contribution in [2.45, 2.75) is 50.5 Å². The predicted molar refractivity (Wildman–Crippen MR) is 104 cm³/mol. The van der Waals surface area contributed by atoms with Crippen molar-refractivity contribution in [2.24, 2.45) is 4.99 Å². The van der Waals surface area contributed by atoms with Crippen molar-refractivity contribution >= 4 is 17.7 Å². The van der Waals surface area contributed by atoms with Gasteiger partial charge in [0.1, 0.15) is 11.6 Å². The Morgan fingerprint density at radius 2 is 2.27 bits per heavy atom. The molecule has 3 rings (SSSR count). The lowest BCUT2D eigenvalue weighted by Gasteiger charge is -2.21. The first-order chi connectivity index (χ1) is 12.7. The van der Waals surface area contributed by atoms with Crippen LogP contribution in [0.5, 0.6) is 5.75 Å². The van der Waals surface area contributed by atoms with E-state index in [1.54, 1.807) is 6.07 Å². The Labute approximate surface area is 159 Å². The van der Waals surface area contributed by atoms with Gasteiger partial charge >= 0.3 is 0 Å². The number of halogens is 1. The highest BCUT2D eigenvalue weighted by Crippen LogP contribution is 2.30. The molecule has 1 aromatic carbocycles. The first-order valence-electron chi connectivity index (χ1n) is 9.29. The summed E-state index contributed by atoms with van der Waals surface area (Å²) in [6.07, 6.45) is 6.43. The Kier molecular flexibility index (Phi) is 7.02. The smallest absolute Gasteiger partial charge is 0.191 e. The van der Waals surface area contributed by atoms with Crippen LogP contribution >= 0.6 is 11.8 Å². The molecule has 0 spiro atoms. The van der Waals surface area contributed by atoms with E-state index in [0.717, 1.165) is 34.6 Å². The molecule has 7 heteroatoms. The standard InChI is InChI=1S/C19H28FN3O2S/c1-3-21-19(23-16-4-5-17(10-16)26-2)22-7-6-13-8-15(20)9-14-11-24-12-25-18(13)14/h8-9,16-17H,3-7,10-12H2,1-2H3,(H2,21,22,23). The van der Waals surface area contributed by atoms with Gasteiger partial charge in [-0.3, -0.25) is 4.99 Å². The van der Waals surface area contributed by atoms with E-state index in [4.69, 9.17) is 9.47 Å². The third kappa shape index (κ3) is 5.04. The van der Waals surface area contributed by atoms with E-state index in [9.17, 15) is 4.39 Å². The van der Waals surface area contributed by atoms with E-state index in [1.165, 1.54) is 25.3 Å². The van der Waals surface area contributed by atoms with Crippen LogP contribution in [0.3, 0.4) is 0 Å². The molecule has 0 amide bonds. The molecule has 2 N–H and O–H groups in total. The zero-order valence-corrected chi connectivity index (χ0v) is 16.3. The molecule has 0 bridgehead atoms. The van der Waals surface area contributed by atoms with E-state index in [2.05, 4.69) is 28.8 Å². The Morgan fingerprint density at radius 1 is 1.38 bits per heavy atom. The number of fused-ring (bicyclic) bond motifs is 1. The molecule has 0 saturated heterocycles. The summed E-state index contributed by atoms with van der Waals surface area (Å²) in [5.41, 5.74) is 1.63. The van der Waals surface area contributed by atoms with Crippen LogP contribution in [0.15, 0.2) is 17.1 Å². The average molecular weight is 382 g/mol. The highest BCUT2D eigenvalue weighted by molar-refractivity contribution is 7.99. The average Bonchev–Trinajstić information content (AvgIpc) is 3.09. The SMILES string of the molecule is CCNC(=NCCc1cc(F)cc2c1OCOC2)NC1CCC(SC)C1. The van der Waals surface area contributed by atoms with E-state index in [0.29, 0.717) is 25.6 Å². The van der Waals surface area contributed by atoms with Gasteiger partial charge in [-0.1, -0.05) is 0 Å². The second-order valence-electron chi connectivity index (χ2n) is 6.69. The highest BCUT2D eigenvalue weighted by Gasteiger charge is 2.24. The second-order valence-corrected chi connectivity index (χ2v) is 7.82. The molecule has 1 aromatic rings. The van der Waals surface area contributed by atoms with Crippen molar-refractivity contribution in [1.29, 1.82) is 0 Å². The fourth-order valence-electron chi connectivity index (χ4n) is 3.53. The maximum Gasteiger partial charge on any atom is 0.191 e. The summed E-state index contributed by atoms with van der Waals surface area (Å²) >= 11 is 1.95. The van der Waals surface area contributed by atoms with Gasteiger partial charge in [0.25, 0.3) is 0 Å². The molecule has 2 atom stereocenters. The van der Waals surface area contributed by atoms with E-state index < -0.39 is 0 Å². The molecule has 5 nitrogen and oxygen atoms in total. The molecule has 1 aliphatic heterocycles. The second kappa shape index (κ2) is 9.46. The number of thioether (sulfide) groups is 1. The van der Waals surface area contributed by atoms with E-state index in [1.807, 2.05) is 11.8 Å². The molecular weight excluding hydrogens is 353 g/mol. The summed E-state index contributed by atoms with van der Waals surface area (Å²) in [4.78, 5) is 4.68. The summed E-state index contributed by atoms with van der Waals surface area (Å²) in [6, 6.07) is 3.50. The highest BCUT2D eigenvalue weighted by atomic mass is 32.2. The molecule has 0 radical (unpaired) electrons. The first-order valence-corrected chi connectivity index (χ1v) is 10.6. The minimum absolute atomic E-state index is 0.220. The van der Waals surface area contributed by atoms with Crippen LogP contribution in [0, 0.1) is 5.82 Å². The minimum atomic E-state index is -0.254. The van der Waals surface area contributed by atoms with Gasteiger partial charge in [0, 0.05) is 29.9 Å². The lowest BCUT2D eigenvalue weighted by molar-refractivity contribution is -0.0172. The van der Waals surface area contributed by atoms with Crippen molar-refractivity contribution < 1.29 is 13.9 Å². The molecule has 1 fully saturated rings. The van der Waals surface area contributed by atoms with Crippen LogP contribution in [0.1, 0.15) is 37.3 Å². The van der Waals surface area contributed by atoms with Gasteiger partial charge in [-0.25, -0.2) is 4.39 Å². The minimum Gasteiger partial charge on any atom is -0.467 e. The third-order valence-electron chi connectivity index (χ3n) is 4.81. The van der Waals surface area contributed by atoms with Gasteiger partial charge in [-0.05, 0) is 56.6 Å². The van der Waals surface area contributed by atoms with Crippen LogP contribution in [-0.2, 0) is 17.8 Å². The number of ether oxygens (including phenoxy) is 2. The molecule has 1 saturated carbocycles. The fraction of sp³-hybridized carbons (Fsp3) is 0.632. The molecule has 0 aromatic heterocycles. The van der Waals surface area contributed by atoms with Gasteiger partial charge in [0.2, 0.25) is 0 Å². The van der Waals surface area contributed by atoms with Crippen molar-refractivity contribution in [2.75, 3.05) is 26.1 Å². The fourth-order valence-corrected chi connectivity index (χ4v) is 4.33. The van der Waals surface area contributed by atoms with E-state index in [-0.39, 0.29) is 12.6 Å². The van der Waals surface area contributed by atoms with Crippen LogP contribution in [0.4, 0.5) is 4.39 Å². The molecule has 26 heavy (non-hydrogen) atoms. The number of guanidine groups is 1. The van der Waals surface area contributed by atoms with Crippen molar-refractivity contribution in [3.63, 3.8) is 0 Å². The number of benzene rings is 1. The zero-order chi connectivity index (χ0) is 18.4. The van der Waals surface area contributed by atoms with E-state index >= 15 is 0 Å². The molecular formula is C19H28FN3O2S. The van der Waals surface area contributed by atoms with Gasteiger partial charge in [0.05, 0.1) is 6.61 Å². The van der Waals surface area contributed by atoms with Gasteiger partial charge in [0.15, 0.2) is 12.8 Å². The monoisotopic (exact) mass is 381 g/mol. The molecule has 2 unspecified atom stereocenters. The topological polar surface area (TPSA) is 54.9 Å². The quantitative estimate of drug-likeness (QED) is 0.586. The molecule has 144 valence electrons. The number of hydrogen-bond donors (Lipinski definition) is 2. The summed E-state index contributed by atoms with van der Waals surface area (Å²) < 4.78 is 24.6. The number of rotatable bonds is 6. The normalized spacial score (nSPS) is 22.7. The maximum atomic E-state index is 13.8. The van der Waals surface area contributed by atoms with Crippen LogP contribution < -0.4 is 15.4 Å². The molecule has 2 aliphatic rings. The number of aliphatic imine (C=N–C) groups is 1. The number of nitrogens with zero attached hydrogens (tertiary/aromatic N) is 1. The van der Waals surface area contributed by atoms with Gasteiger partial charge in [-0.15, -0.1) is 0 Å². The number of hydrogen-bond acceptors (Lipinski definition) is 4. The third-order valence-corrected chi connectivity index (χ3v) is 5.90. The largest absolute Gasteiger partial charge is 0.467 e. The van der Waals surface area contributed by atoms with Crippen molar-refractivity contribution in [1.82, 2.24) is 10.6 Å². The lowest BCUT2D eigenvalue weighted by atomic mass is 10.1. The summed E-state index contributed by atoms with van der Waals surface area (Å²) in [6.45, 7) is 4.07. The molecule has 1 aliphatic carbocycles. The van der Waals surface area contributed by atoms with Crippen LogP contribution in [0.25, 0.3) is 0 Å². The maximum absolute atomic E-state index is 13.8. The van der Waals surface area contributed by atoms with Gasteiger partial charge in [-0.2, -0.15) is 11.8 Å². The summed E-state index contributed by atoms with van der Waals surface area (Å²) in [7, 11) is 0. The van der Waals surface area contributed by atoms with Crippen LogP contribution in [-0.4, -0.2) is 43.4 Å². The Balaban J connectivity index is 1.61. The first kappa shape index (κ1) is 19.3. The van der Waals surface area contributed by atoms with Gasteiger partial charge < -0.3 is 20.1 Å². The Hall–Kier alpha value is -1.47. The van der Waals surface area contributed by atoms with Crippen LogP contribution in [0.2, 0.25) is 0 Å². The molecule has 1 heterocycles. The van der Waals surface area contributed by atoms with Crippen molar-refractivity contribution in [3.8, 4) is 5.75 Å². The lowest BCUT2D eigenvalue weighted by Crippen LogP contribution is -2.42.